The van der Waals surface area contributed by atoms with Gasteiger partial charge in [0, 0.05) is 6.54 Å². The zero-order valence-corrected chi connectivity index (χ0v) is 17.1. The number of ether oxygens (including phenoxy) is 3. The number of nitrogens with one attached hydrogen (secondary N) is 2. The standard InChI is InChI=1S/C19H23ClN2O3S/c1-11-6-12(2)17(14(20)7-11)22-19(26)21-10-13-8-15(23-3)18(25-5)16(9-13)24-4/h6-9H,10H2,1-5H3,(H2,21,22,26). The molecule has 0 saturated heterocycles. The van der Waals surface area contributed by atoms with Crippen molar-refractivity contribution < 1.29 is 14.2 Å². The zero-order valence-electron chi connectivity index (χ0n) is 15.5. The van der Waals surface area contributed by atoms with E-state index >= 15 is 0 Å². The summed E-state index contributed by atoms with van der Waals surface area (Å²) in [6.07, 6.45) is 0. The van der Waals surface area contributed by atoms with Crippen molar-refractivity contribution >= 4 is 34.6 Å². The van der Waals surface area contributed by atoms with Gasteiger partial charge in [0.2, 0.25) is 5.75 Å². The van der Waals surface area contributed by atoms with Crippen LogP contribution >= 0.6 is 23.8 Å². The van der Waals surface area contributed by atoms with Gasteiger partial charge in [0.1, 0.15) is 0 Å². The summed E-state index contributed by atoms with van der Waals surface area (Å²) < 4.78 is 16.1. The molecule has 0 spiro atoms. The van der Waals surface area contributed by atoms with Gasteiger partial charge in [-0.15, -0.1) is 0 Å². The fourth-order valence-electron chi connectivity index (χ4n) is 2.65. The number of benzene rings is 2. The van der Waals surface area contributed by atoms with Crippen LogP contribution in [0.4, 0.5) is 5.69 Å². The highest BCUT2D eigenvalue weighted by molar-refractivity contribution is 7.80. The maximum Gasteiger partial charge on any atom is 0.203 e. The molecule has 0 atom stereocenters. The quantitative estimate of drug-likeness (QED) is 0.705. The average molecular weight is 395 g/mol. The molecule has 0 aliphatic rings. The second kappa shape index (κ2) is 8.96. The number of anilines is 1. The minimum Gasteiger partial charge on any atom is -0.493 e. The van der Waals surface area contributed by atoms with Gasteiger partial charge >= 0.3 is 0 Å². The number of methoxy groups -OCH3 is 3. The summed E-state index contributed by atoms with van der Waals surface area (Å²) in [5, 5.41) is 7.44. The lowest BCUT2D eigenvalue weighted by molar-refractivity contribution is 0.323. The fraction of sp³-hybridized carbons (Fsp3) is 0.316. The second-order valence-electron chi connectivity index (χ2n) is 5.78. The Labute approximate surface area is 164 Å². The van der Waals surface area contributed by atoms with Crippen molar-refractivity contribution in [3.8, 4) is 17.2 Å². The third-order valence-electron chi connectivity index (χ3n) is 3.85. The van der Waals surface area contributed by atoms with Gasteiger partial charge in [-0.1, -0.05) is 17.7 Å². The van der Waals surface area contributed by atoms with Crippen LogP contribution in [0.3, 0.4) is 0 Å². The molecule has 0 aromatic heterocycles. The lowest BCUT2D eigenvalue weighted by atomic mass is 10.1. The van der Waals surface area contributed by atoms with Gasteiger partial charge in [0.05, 0.1) is 32.0 Å². The van der Waals surface area contributed by atoms with Crippen LogP contribution < -0.4 is 24.8 Å². The molecule has 2 aromatic carbocycles. The maximum absolute atomic E-state index is 6.31. The van der Waals surface area contributed by atoms with E-state index in [1.165, 1.54) is 0 Å². The van der Waals surface area contributed by atoms with Crippen LogP contribution in [0.25, 0.3) is 0 Å². The van der Waals surface area contributed by atoms with E-state index in [0.717, 1.165) is 22.4 Å². The molecule has 0 aliphatic heterocycles. The Bertz CT molecular complexity index is 763. The molecule has 0 aliphatic carbocycles. The molecule has 140 valence electrons. The van der Waals surface area contributed by atoms with Gasteiger partial charge in [0.25, 0.3) is 0 Å². The molecule has 0 radical (unpaired) electrons. The van der Waals surface area contributed by atoms with E-state index in [4.69, 9.17) is 38.0 Å². The Kier molecular flexibility index (Phi) is 6.94. The molecular weight excluding hydrogens is 372 g/mol. The molecule has 0 heterocycles. The summed E-state index contributed by atoms with van der Waals surface area (Å²) in [6, 6.07) is 7.71. The summed E-state index contributed by atoms with van der Waals surface area (Å²) in [5.74, 6) is 1.75. The smallest absolute Gasteiger partial charge is 0.203 e. The van der Waals surface area contributed by atoms with Gasteiger partial charge in [-0.25, -0.2) is 0 Å². The summed E-state index contributed by atoms with van der Waals surface area (Å²) in [6.45, 7) is 4.48. The predicted octanol–water partition coefficient (Wildman–Crippen LogP) is 4.47. The first-order valence-corrected chi connectivity index (χ1v) is 8.78. The minimum atomic E-state index is 0.479. The van der Waals surface area contributed by atoms with Crippen molar-refractivity contribution in [3.63, 3.8) is 0 Å². The average Bonchev–Trinajstić information content (AvgIpc) is 2.61. The van der Waals surface area contributed by atoms with E-state index in [0.29, 0.717) is 33.9 Å². The van der Waals surface area contributed by atoms with Crippen molar-refractivity contribution in [3.05, 3.63) is 46.0 Å². The molecule has 2 N–H and O–H groups in total. The molecular formula is C19H23ClN2O3S. The van der Waals surface area contributed by atoms with Gasteiger partial charge in [-0.2, -0.15) is 0 Å². The third kappa shape index (κ3) is 4.71. The first-order chi connectivity index (χ1) is 12.4. The van der Waals surface area contributed by atoms with Crippen LogP contribution in [0.15, 0.2) is 24.3 Å². The van der Waals surface area contributed by atoms with Crippen LogP contribution in [-0.2, 0) is 6.54 Å². The van der Waals surface area contributed by atoms with Crippen molar-refractivity contribution in [2.45, 2.75) is 20.4 Å². The van der Waals surface area contributed by atoms with E-state index in [-0.39, 0.29) is 0 Å². The number of aryl methyl sites for hydroxylation is 2. The van der Waals surface area contributed by atoms with E-state index in [9.17, 15) is 0 Å². The Morgan fingerprint density at radius 2 is 1.62 bits per heavy atom. The minimum absolute atomic E-state index is 0.479. The van der Waals surface area contributed by atoms with Crippen LogP contribution in [0, 0.1) is 13.8 Å². The Hall–Kier alpha value is -2.18. The highest BCUT2D eigenvalue weighted by Crippen LogP contribution is 2.38. The fourth-order valence-corrected chi connectivity index (χ4v) is 3.19. The topological polar surface area (TPSA) is 51.8 Å². The first kappa shape index (κ1) is 20.1. The normalized spacial score (nSPS) is 10.2. The van der Waals surface area contributed by atoms with Gasteiger partial charge in [0.15, 0.2) is 16.6 Å². The molecule has 26 heavy (non-hydrogen) atoms. The summed E-state index contributed by atoms with van der Waals surface area (Å²) in [5.41, 5.74) is 3.89. The van der Waals surface area contributed by atoms with Gasteiger partial charge in [-0.3, -0.25) is 0 Å². The van der Waals surface area contributed by atoms with Crippen LogP contribution in [0.5, 0.6) is 17.2 Å². The van der Waals surface area contributed by atoms with Crippen molar-refractivity contribution in [2.75, 3.05) is 26.6 Å². The summed E-state index contributed by atoms with van der Waals surface area (Å²) >= 11 is 11.7. The summed E-state index contributed by atoms with van der Waals surface area (Å²) in [7, 11) is 4.75. The number of thiocarbonyl (C=S) groups is 1. The molecule has 0 fully saturated rings. The molecule has 0 bridgehead atoms. The SMILES string of the molecule is COc1cc(CNC(=S)Nc2c(C)cc(C)cc2Cl)cc(OC)c1OC. The van der Waals surface area contributed by atoms with Gasteiger partial charge in [-0.05, 0) is 61.0 Å². The number of halogens is 1. The second-order valence-corrected chi connectivity index (χ2v) is 6.60. The molecule has 0 saturated carbocycles. The highest BCUT2D eigenvalue weighted by Gasteiger charge is 2.13. The van der Waals surface area contributed by atoms with Crippen molar-refractivity contribution in [2.24, 2.45) is 0 Å². The number of hydrogen-bond acceptors (Lipinski definition) is 4. The molecule has 5 nitrogen and oxygen atoms in total. The van der Waals surface area contributed by atoms with E-state index < -0.39 is 0 Å². The molecule has 2 aromatic rings. The number of rotatable bonds is 6. The molecule has 2 rings (SSSR count). The predicted molar refractivity (Wildman–Crippen MR) is 110 cm³/mol. The van der Waals surface area contributed by atoms with Crippen LogP contribution in [0.2, 0.25) is 5.02 Å². The monoisotopic (exact) mass is 394 g/mol. The molecule has 0 unspecified atom stereocenters. The molecule has 7 heteroatoms. The highest BCUT2D eigenvalue weighted by atomic mass is 35.5. The van der Waals surface area contributed by atoms with E-state index in [1.54, 1.807) is 21.3 Å². The van der Waals surface area contributed by atoms with Crippen LogP contribution in [-0.4, -0.2) is 26.4 Å². The maximum atomic E-state index is 6.31. The van der Waals surface area contributed by atoms with E-state index in [2.05, 4.69) is 16.7 Å². The third-order valence-corrected chi connectivity index (χ3v) is 4.39. The summed E-state index contributed by atoms with van der Waals surface area (Å²) in [4.78, 5) is 0. The molecule has 0 amide bonds. The first-order valence-electron chi connectivity index (χ1n) is 8.00. The largest absolute Gasteiger partial charge is 0.493 e. The Morgan fingerprint density at radius 1 is 1.00 bits per heavy atom. The Morgan fingerprint density at radius 3 is 2.12 bits per heavy atom. The van der Waals surface area contributed by atoms with Crippen LogP contribution in [0.1, 0.15) is 16.7 Å². The lowest BCUT2D eigenvalue weighted by Crippen LogP contribution is -2.28. The van der Waals surface area contributed by atoms with E-state index in [1.807, 2.05) is 32.0 Å². The van der Waals surface area contributed by atoms with Crippen molar-refractivity contribution in [1.82, 2.24) is 5.32 Å². The lowest BCUT2D eigenvalue weighted by Gasteiger charge is -2.16. The zero-order chi connectivity index (χ0) is 19.3. The van der Waals surface area contributed by atoms with Gasteiger partial charge < -0.3 is 24.8 Å². The Balaban J connectivity index is 2.10. The van der Waals surface area contributed by atoms with Crippen molar-refractivity contribution in [1.29, 1.82) is 0 Å². The number of hydrogen-bond donors (Lipinski definition) is 2.